The maximum atomic E-state index is 12.5. The molecule has 0 aromatic heterocycles. The van der Waals surface area contributed by atoms with Crippen LogP contribution in [0.4, 0.5) is 0 Å². The highest BCUT2D eigenvalue weighted by Gasteiger charge is 2.45. The van der Waals surface area contributed by atoms with Crippen LogP contribution in [-0.2, 0) is 19.0 Å². The molecule has 11 unspecified atom stereocenters. The number of ether oxygens (including phenoxy) is 3. The smallest absolute Gasteiger partial charge is 0.333 e. The standard InChI is InChI=1S/C40H72O14/c1-11-20(2)12-21(3)13-26(8)38(54-40-37(50)36(49)35(48)31(18-42)53-40)27(9)15-24(6)32(45)22(4)14-23(5)33(46)25(7)16-28(10)39(51)52-19-30(44)34(47)29(43)17-41/h14-16,20-22,25-27,29-38,40-50H,11-13,17-19H2,1-10H3/t20?,21?,22?,25?,26?,27?,29-,30-,31?,32?,33?,34-,35-,36+,37?,38?,40+/m1/s1. The minimum absolute atomic E-state index is 0.0477. The van der Waals surface area contributed by atoms with Gasteiger partial charge >= 0.3 is 5.97 Å². The number of hydrogen-bond donors (Lipinski definition) is 10. The summed E-state index contributed by atoms with van der Waals surface area (Å²) in [6.45, 7) is 17.0. The zero-order valence-corrected chi connectivity index (χ0v) is 33.9. The molecule has 1 aliphatic heterocycles. The van der Waals surface area contributed by atoms with Gasteiger partial charge in [-0.1, -0.05) is 73.1 Å². The molecule has 14 nitrogen and oxygen atoms in total. The molecule has 10 N–H and O–H groups in total. The van der Waals surface area contributed by atoms with Gasteiger partial charge in [0.25, 0.3) is 0 Å². The van der Waals surface area contributed by atoms with Gasteiger partial charge in [0.05, 0.1) is 31.5 Å². The third-order valence-corrected chi connectivity index (χ3v) is 10.7. The largest absolute Gasteiger partial charge is 0.459 e. The van der Waals surface area contributed by atoms with Crippen LogP contribution in [0.15, 0.2) is 34.9 Å². The molecule has 0 spiro atoms. The molecule has 1 aliphatic rings. The average Bonchev–Trinajstić information content (AvgIpc) is 3.13. The van der Waals surface area contributed by atoms with Crippen molar-refractivity contribution in [2.45, 2.75) is 156 Å². The molecule has 17 atom stereocenters. The van der Waals surface area contributed by atoms with Crippen molar-refractivity contribution in [1.29, 1.82) is 0 Å². The van der Waals surface area contributed by atoms with Gasteiger partial charge in [0, 0.05) is 23.3 Å². The van der Waals surface area contributed by atoms with Crippen molar-refractivity contribution < 1.29 is 70.1 Å². The van der Waals surface area contributed by atoms with Crippen molar-refractivity contribution in [3.8, 4) is 0 Å². The summed E-state index contributed by atoms with van der Waals surface area (Å²) in [5.41, 5.74) is 1.33. The number of carbonyl (C=O) groups is 1. The molecule has 1 fully saturated rings. The van der Waals surface area contributed by atoms with Crippen LogP contribution in [-0.4, -0.2) is 144 Å². The van der Waals surface area contributed by atoms with E-state index < -0.39 is 105 Å². The van der Waals surface area contributed by atoms with Gasteiger partial charge in [0.1, 0.15) is 49.3 Å². The normalized spacial score (nSPS) is 28.5. The van der Waals surface area contributed by atoms with Gasteiger partial charge in [-0.25, -0.2) is 4.79 Å². The van der Waals surface area contributed by atoms with E-state index in [1.54, 1.807) is 33.8 Å². The van der Waals surface area contributed by atoms with Crippen molar-refractivity contribution in [3.05, 3.63) is 34.9 Å². The summed E-state index contributed by atoms with van der Waals surface area (Å²) in [6, 6.07) is 0. The molecule has 54 heavy (non-hydrogen) atoms. The Hall–Kier alpha value is -1.79. The fraction of sp³-hybridized carbons (Fsp3) is 0.825. The Labute approximate surface area is 321 Å². The topological polar surface area (TPSA) is 247 Å². The van der Waals surface area contributed by atoms with E-state index in [0.717, 1.165) is 19.3 Å². The molecule has 14 heteroatoms. The molecular formula is C40H72O14. The quantitative estimate of drug-likeness (QED) is 0.0400. The Morgan fingerprint density at radius 1 is 0.722 bits per heavy atom. The van der Waals surface area contributed by atoms with Crippen LogP contribution >= 0.6 is 0 Å². The Balaban J connectivity index is 3.13. The molecular weight excluding hydrogens is 704 g/mol. The summed E-state index contributed by atoms with van der Waals surface area (Å²) in [4.78, 5) is 12.5. The van der Waals surface area contributed by atoms with Crippen LogP contribution < -0.4 is 0 Å². The second-order valence-corrected chi connectivity index (χ2v) is 15.9. The molecule has 0 saturated carbocycles. The molecule has 0 bridgehead atoms. The van der Waals surface area contributed by atoms with Crippen LogP contribution in [0.2, 0.25) is 0 Å². The number of aliphatic hydroxyl groups is 10. The third kappa shape index (κ3) is 15.3. The SMILES string of the molecule is CCC(C)CC(C)CC(C)C(O[C@@H]1OC(CO)[C@@H](O)[C@H](O)C1O)C(C)C=C(C)C(O)C(C)C=C(C)C(O)C(C)C=C(C)C(=O)OC[C@@H](O)[C@H](O)[C@H](O)CO. The Bertz CT molecular complexity index is 1190. The fourth-order valence-electron chi connectivity index (χ4n) is 7.16. The first kappa shape index (κ1) is 50.2. The van der Waals surface area contributed by atoms with Gasteiger partial charge in [0.2, 0.25) is 0 Å². The highest BCUT2D eigenvalue weighted by Crippen LogP contribution is 2.33. The van der Waals surface area contributed by atoms with E-state index in [9.17, 15) is 50.8 Å². The number of esters is 1. The van der Waals surface area contributed by atoms with E-state index in [-0.39, 0.29) is 17.4 Å². The van der Waals surface area contributed by atoms with E-state index in [1.807, 2.05) is 19.9 Å². The highest BCUT2D eigenvalue weighted by molar-refractivity contribution is 5.87. The first-order valence-corrected chi connectivity index (χ1v) is 19.3. The van der Waals surface area contributed by atoms with Gasteiger partial charge < -0.3 is 65.3 Å². The lowest BCUT2D eigenvalue weighted by Crippen LogP contribution is -2.60. The lowest BCUT2D eigenvalue weighted by Gasteiger charge is -2.42. The first-order valence-electron chi connectivity index (χ1n) is 19.3. The van der Waals surface area contributed by atoms with E-state index in [2.05, 4.69) is 20.8 Å². The zero-order chi connectivity index (χ0) is 41.6. The summed E-state index contributed by atoms with van der Waals surface area (Å²) in [6.07, 6.45) is -6.45. The summed E-state index contributed by atoms with van der Waals surface area (Å²) in [5.74, 6) is -1.23. The number of hydrogen-bond acceptors (Lipinski definition) is 14. The maximum Gasteiger partial charge on any atom is 0.333 e. The van der Waals surface area contributed by atoms with E-state index in [1.165, 1.54) is 13.0 Å². The van der Waals surface area contributed by atoms with Gasteiger partial charge in [-0.3, -0.25) is 0 Å². The number of carbonyl (C=O) groups excluding carboxylic acids is 1. The van der Waals surface area contributed by atoms with Crippen molar-refractivity contribution in [1.82, 2.24) is 0 Å². The Morgan fingerprint density at radius 3 is 1.78 bits per heavy atom. The predicted octanol–water partition coefficient (Wildman–Crippen LogP) is 1.36. The van der Waals surface area contributed by atoms with Crippen molar-refractivity contribution in [3.63, 3.8) is 0 Å². The van der Waals surface area contributed by atoms with E-state index >= 15 is 0 Å². The molecule has 316 valence electrons. The molecule has 1 saturated heterocycles. The monoisotopic (exact) mass is 776 g/mol. The fourth-order valence-corrected chi connectivity index (χ4v) is 7.16. The number of aliphatic hydroxyl groups excluding tert-OH is 10. The molecule has 0 aromatic rings. The molecule has 0 aromatic carbocycles. The highest BCUT2D eigenvalue weighted by atomic mass is 16.7. The van der Waals surface area contributed by atoms with E-state index in [0.29, 0.717) is 23.0 Å². The van der Waals surface area contributed by atoms with Gasteiger partial charge in [-0.15, -0.1) is 0 Å². The molecule has 0 aliphatic carbocycles. The molecule has 1 rings (SSSR count). The average molecular weight is 777 g/mol. The van der Waals surface area contributed by atoms with Crippen LogP contribution in [0.1, 0.15) is 88.5 Å². The number of rotatable bonds is 23. The Morgan fingerprint density at radius 2 is 1.26 bits per heavy atom. The maximum absolute atomic E-state index is 12.5. The van der Waals surface area contributed by atoms with Crippen molar-refractivity contribution in [2.24, 2.45) is 35.5 Å². The van der Waals surface area contributed by atoms with Crippen LogP contribution in [0.5, 0.6) is 0 Å². The zero-order valence-electron chi connectivity index (χ0n) is 33.9. The van der Waals surface area contributed by atoms with E-state index in [4.69, 9.17) is 19.3 Å². The van der Waals surface area contributed by atoms with Crippen LogP contribution in [0.3, 0.4) is 0 Å². The van der Waals surface area contributed by atoms with Crippen molar-refractivity contribution >= 4 is 5.97 Å². The lowest BCUT2D eigenvalue weighted by atomic mass is 9.82. The summed E-state index contributed by atoms with van der Waals surface area (Å²) < 4.78 is 17.1. The molecule has 0 amide bonds. The first-order chi connectivity index (χ1) is 25.1. The molecule has 1 heterocycles. The van der Waals surface area contributed by atoms with Gasteiger partial charge in [-0.05, 0) is 62.5 Å². The lowest BCUT2D eigenvalue weighted by molar-refractivity contribution is -0.317. The van der Waals surface area contributed by atoms with Crippen LogP contribution in [0.25, 0.3) is 0 Å². The van der Waals surface area contributed by atoms with Crippen molar-refractivity contribution in [2.75, 3.05) is 19.8 Å². The van der Waals surface area contributed by atoms with Gasteiger partial charge in [0.15, 0.2) is 6.29 Å². The second kappa shape index (κ2) is 24.1. The molecule has 0 radical (unpaired) electrons. The summed E-state index contributed by atoms with van der Waals surface area (Å²) in [7, 11) is 0. The third-order valence-electron chi connectivity index (χ3n) is 10.7. The summed E-state index contributed by atoms with van der Waals surface area (Å²) >= 11 is 0. The second-order valence-electron chi connectivity index (χ2n) is 15.9. The minimum atomic E-state index is -1.71. The Kier molecular flexibility index (Phi) is 22.4. The predicted molar refractivity (Wildman–Crippen MR) is 202 cm³/mol. The summed E-state index contributed by atoms with van der Waals surface area (Å²) in [5, 5.41) is 102. The van der Waals surface area contributed by atoms with Crippen LogP contribution in [0, 0.1) is 35.5 Å². The van der Waals surface area contributed by atoms with Gasteiger partial charge in [-0.2, -0.15) is 0 Å². The minimum Gasteiger partial charge on any atom is -0.459 e.